The van der Waals surface area contributed by atoms with Gasteiger partial charge in [0.15, 0.2) is 0 Å². The molecule has 0 aliphatic rings. The summed E-state index contributed by atoms with van der Waals surface area (Å²) in [6, 6.07) is 54.9. The Labute approximate surface area is 675 Å². The van der Waals surface area contributed by atoms with Crippen molar-refractivity contribution in [1.29, 1.82) is 0 Å². The third kappa shape index (κ3) is 45.5. The number of ether oxygens (including phenoxy) is 12. The zero-order valence-electron chi connectivity index (χ0n) is 68.2. The molecule has 0 saturated heterocycles. The maximum Gasteiger partial charge on any atom is 0.213 e. The van der Waals surface area contributed by atoms with Gasteiger partial charge in [-0.25, -0.2) is 9.97 Å². The van der Waals surface area contributed by atoms with E-state index in [9.17, 15) is 0 Å². The Hall–Kier alpha value is -10.9. The summed E-state index contributed by atoms with van der Waals surface area (Å²) < 4.78 is 65.5. The van der Waals surface area contributed by atoms with E-state index in [1.165, 1.54) is 0 Å². The lowest BCUT2D eigenvalue weighted by molar-refractivity contribution is 0.0361. The molecule has 2 heterocycles. The standard InChI is InChI=1S/C23H31N3O3.C22H30N4O3.C22H29N3O3.C21H28N4O3/c1-4-13-27-14-15-28-16-17-29-23-11-7-21(8-12-23)19-25-24-18-20-5-9-22(10-6-20)26(2)3;1-4-11-27-12-13-28-14-15-29-22-10-7-20(16-23-22)18-25-24-17-19-5-8-21(9-6-19)26(2)3;1-3-12-26-13-14-27-15-16-28-22-10-6-20(7-11-22)18-25-24-17-19-4-8-21(23-2)9-5-19;1-3-10-26-11-12-27-13-14-28-21-9-6-19(15-23-21)17-25-24-16-18-4-7-20(22-2)8-5-18/h5-12,18-19H,4,13-17H2,1-3H3;5-10,16-18H,4,11-15H2,1-3H3;4-11,17-18,23H,3,12-16H2,1-2H3;4-9,15-17,22H,3,10-14H2,1-2H3/b24-18+,25-19+;2*24-17+,25-18+;24-16+,25-17+. The first-order valence-electron chi connectivity index (χ1n) is 38.6. The molecule has 0 saturated carbocycles. The maximum atomic E-state index is 5.66. The van der Waals surface area contributed by atoms with Gasteiger partial charge >= 0.3 is 0 Å². The first-order chi connectivity index (χ1) is 56.0. The number of anilines is 4. The Kier molecular flexibility index (Phi) is 51.4. The molecule has 0 amide bonds. The summed E-state index contributed by atoms with van der Waals surface area (Å²) in [6.07, 6.45) is 21.1. The van der Waals surface area contributed by atoms with Crippen LogP contribution in [0, 0.1) is 0 Å². The highest BCUT2D eigenvalue weighted by Crippen LogP contribution is 2.17. The zero-order valence-corrected chi connectivity index (χ0v) is 68.2. The van der Waals surface area contributed by atoms with Crippen molar-refractivity contribution in [3.63, 3.8) is 0 Å². The molecule has 0 atom stereocenters. The molecule has 0 aliphatic carbocycles. The lowest BCUT2D eigenvalue weighted by atomic mass is 10.2. The van der Waals surface area contributed by atoms with Gasteiger partial charge in [0.05, 0.1) is 129 Å². The van der Waals surface area contributed by atoms with E-state index in [0.717, 1.165) is 131 Å². The summed E-state index contributed by atoms with van der Waals surface area (Å²) >= 11 is 0. The van der Waals surface area contributed by atoms with E-state index >= 15 is 0 Å². The van der Waals surface area contributed by atoms with Gasteiger partial charge in [-0.05, 0) is 168 Å². The second kappa shape index (κ2) is 62.6. The molecule has 114 heavy (non-hydrogen) atoms. The topological polar surface area (TPSA) is 266 Å². The summed E-state index contributed by atoms with van der Waals surface area (Å²) in [6.45, 7) is 20.3. The third-order valence-corrected chi connectivity index (χ3v) is 15.2. The Balaban J connectivity index is 0.000000271. The number of benzene rings is 6. The minimum atomic E-state index is 0.449. The summed E-state index contributed by atoms with van der Waals surface area (Å²) in [5.74, 6) is 2.71. The molecule has 8 rings (SSSR count). The first kappa shape index (κ1) is 93.7. The van der Waals surface area contributed by atoms with Gasteiger partial charge < -0.3 is 77.3 Å². The summed E-state index contributed by atoms with van der Waals surface area (Å²) in [5, 5.41) is 38.7. The van der Waals surface area contributed by atoms with Crippen LogP contribution in [0.5, 0.6) is 23.3 Å². The fourth-order valence-electron chi connectivity index (χ4n) is 9.11. The molecule has 26 heteroatoms. The SMILES string of the molecule is CCCOCCOCCOc1ccc(/C=N/N=C/c2ccc(N(C)C)cc2)cc1.CCCOCCOCCOc1ccc(/C=N/N=C/c2ccc(N(C)C)cc2)cn1.CCCOCCOCCOc1ccc(/C=N/N=C/c2ccc(NC)cc2)cc1.CCCOCCOCCOc1ccc(/C=N/N=C/c2ccc(NC)cc2)cn1. The average molecular weight is 1560 g/mol. The van der Waals surface area contributed by atoms with E-state index in [1.807, 2.05) is 188 Å². The van der Waals surface area contributed by atoms with Gasteiger partial charge in [0, 0.05) is 127 Å². The maximum absolute atomic E-state index is 5.66. The van der Waals surface area contributed by atoms with E-state index in [1.54, 1.807) is 74.2 Å². The molecule has 8 aromatic rings. The Morgan fingerprint density at radius 2 is 0.465 bits per heavy atom. The fourth-order valence-corrected chi connectivity index (χ4v) is 9.11. The highest BCUT2D eigenvalue weighted by atomic mass is 16.6. The highest BCUT2D eigenvalue weighted by molar-refractivity contribution is 5.86. The van der Waals surface area contributed by atoms with E-state index in [4.69, 9.17) is 56.8 Å². The van der Waals surface area contributed by atoms with Crippen LogP contribution in [-0.2, 0) is 37.9 Å². The van der Waals surface area contributed by atoms with Crippen LogP contribution in [0.15, 0.2) is 223 Å². The zero-order chi connectivity index (χ0) is 81.2. The normalized spacial score (nSPS) is 11.4. The average Bonchev–Trinajstić information content (AvgIpc) is 0.907. The number of nitrogens with one attached hydrogen (secondary N) is 2. The molecule has 2 aromatic heterocycles. The van der Waals surface area contributed by atoms with Crippen LogP contribution in [0.1, 0.15) is 97.9 Å². The van der Waals surface area contributed by atoms with Gasteiger partial charge in [0.25, 0.3) is 0 Å². The lowest BCUT2D eigenvalue weighted by Gasteiger charge is -2.11. The monoisotopic (exact) mass is 1560 g/mol. The van der Waals surface area contributed by atoms with Crippen molar-refractivity contribution in [2.75, 3.05) is 195 Å². The third-order valence-electron chi connectivity index (χ3n) is 15.2. The molecule has 2 N–H and O–H groups in total. The first-order valence-corrected chi connectivity index (χ1v) is 38.6. The number of nitrogens with zero attached hydrogens (tertiary/aromatic N) is 12. The highest BCUT2D eigenvalue weighted by Gasteiger charge is 2.03. The van der Waals surface area contributed by atoms with Gasteiger partial charge in [-0.2, -0.15) is 40.8 Å². The molecule has 0 radical (unpaired) electrons. The number of pyridine rings is 2. The van der Waals surface area contributed by atoms with Crippen LogP contribution in [0.25, 0.3) is 0 Å². The van der Waals surface area contributed by atoms with Gasteiger partial charge in [-0.15, -0.1) is 0 Å². The lowest BCUT2D eigenvalue weighted by Crippen LogP contribution is -2.11. The van der Waals surface area contributed by atoms with E-state index < -0.39 is 0 Å². The van der Waals surface area contributed by atoms with Crippen molar-refractivity contribution in [3.05, 3.63) is 227 Å². The van der Waals surface area contributed by atoms with Gasteiger partial charge in [0.1, 0.15) is 37.9 Å². The van der Waals surface area contributed by atoms with Gasteiger partial charge in [-0.3, -0.25) is 0 Å². The van der Waals surface area contributed by atoms with Crippen LogP contribution < -0.4 is 39.4 Å². The predicted molar refractivity (Wildman–Crippen MR) is 465 cm³/mol. The molecule has 0 fully saturated rings. The van der Waals surface area contributed by atoms with Crippen LogP contribution >= 0.6 is 0 Å². The van der Waals surface area contributed by atoms with Crippen molar-refractivity contribution < 1.29 is 56.8 Å². The molecule has 0 aliphatic heterocycles. The quantitative estimate of drug-likeness (QED) is 0.0204. The van der Waals surface area contributed by atoms with Crippen LogP contribution in [-0.4, -0.2) is 234 Å². The number of rotatable bonds is 52. The van der Waals surface area contributed by atoms with E-state index in [0.29, 0.717) is 117 Å². The van der Waals surface area contributed by atoms with Gasteiger partial charge in [-0.1, -0.05) is 76.2 Å². The second-order valence-corrected chi connectivity index (χ2v) is 25.0. The van der Waals surface area contributed by atoms with Gasteiger partial charge in [0.2, 0.25) is 11.8 Å². The minimum absolute atomic E-state index is 0.449. The Morgan fingerprint density at radius 1 is 0.254 bits per heavy atom. The molecule has 26 nitrogen and oxygen atoms in total. The Bertz CT molecular complexity index is 3690. The Morgan fingerprint density at radius 3 is 0.693 bits per heavy atom. The van der Waals surface area contributed by atoms with Crippen molar-refractivity contribution in [2.45, 2.75) is 53.4 Å². The fraction of sp³-hybridized carbons (Fsp3) is 0.386. The van der Waals surface area contributed by atoms with Crippen molar-refractivity contribution in [3.8, 4) is 23.3 Å². The second-order valence-electron chi connectivity index (χ2n) is 25.0. The minimum Gasteiger partial charge on any atom is -0.491 e. The molecular formula is C88H118N14O12. The molecule has 612 valence electrons. The molecule has 0 spiro atoms. The summed E-state index contributed by atoms with van der Waals surface area (Å²) in [5.41, 5.74) is 12.0. The molecule has 6 aromatic carbocycles. The van der Waals surface area contributed by atoms with E-state index in [2.05, 4.69) is 111 Å². The summed E-state index contributed by atoms with van der Waals surface area (Å²) in [4.78, 5) is 12.6. The molecular weight excluding hydrogens is 1450 g/mol. The number of hydrogen-bond acceptors (Lipinski definition) is 26. The van der Waals surface area contributed by atoms with Crippen LogP contribution in [0.3, 0.4) is 0 Å². The number of aromatic nitrogens is 2. The van der Waals surface area contributed by atoms with Crippen LogP contribution in [0.2, 0.25) is 0 Å². The van der Waals surface area contributed by atoms with E-state index in [-0.39, 0.29) is 0 Å². The molecule has 0 unspecified atom stereocenters. The van der Waals surface area contributed by atoms with Crippen LogP contribution in [0.4, 0.5) is 22.7 Å². The predicted octanol–water partition coefficient (Wildman–Crippen LogP) is 14.9. The molecule has 0 bridgehead atoms. The smallest absolute Gasteiger partial charge is 0.213 e. The van der Waals surface area contributed by atoms with Crippen molar-refractivity contribution >= 4 is 72.5 Å². The van der Waals surface area contributed by atoms with Crippen molar-refractivity contribution in [2.24, 2.45) is 40.8 Å². The summed E-state index contributed by atoms with van der Waals surface area (Å²) in [7, 11) is 11.8. The van der Waals surface area contributed by atoms with Crippen molar-refractivity contribution in [1.82, 2.24) is 9.97 Å². The largest absolute Gasteiger partial charge is 0.491 e. The number of hydrogen-bond donors (Lipinski definition) is 2.